The summed E-state index contributed by atoms with van der Waals surface area (Å²) in [5.41, 5.74) is 2.58. The molecule has 0 unspecified atom stereocenters. The summed E-state index contributed by atoms with van der Waals surface area (Å²) >= 11 is 6.14. The van der Waals surface area contributed by atoms with E-state index >= 15 is 0 Å². The summed E-state index contributed by atoms with van der Waals surface area (Å²) in [4.78, 5) is 12.9. The Kier molecular flexibility index (Phi) is 5.43. The second kappa shape index (κ2) is 8.42. The molecule has 10 heteroatoms. The van der Waals surface area contributed by atoms with Gasteiger partial charge in [-0.05, 0) is 61.0 Å². The lowest BCUT2D eigenvalue weighted by Gasteiger charge is -2.17. The van der Waals surface area contributed by atoms with Crippen LogP contribution in [-0.4, -0.2) is 36.4 Å². The summed E-state index contributed by atoms with van der Waals surface area (Å²) in [5.74, 6) is 0.293. The van der Waals surface area contributed by atoms with Gasteiger partial charge in [-0.2, -0.15) is 5.10 Å². The Bertz CT molecular complexity index is 1410. The van der Waals surface area contributed by atoms with E-state index in [4.69, 9.17) is 16.0 Å². The molecule has 2 aromatic carbocycles. The maximum Gasteiger partial charge on any atom is 0.276 e. The van der Waals surface area contributed by atoms with Gasteiger partial charge in [-0.1, -0.05) is 17.7 Å². The van der Waals surface area contributed by atoms with Gasteiger partial charge in [-0.15, -0.1) is 0 Å². The normalized spacial score (nSPS) is 15.0. The van der Waals surface area contributed by atoms with Crippen LogP contribution in [-0.2, 0) is 10.0 Å². The van der Waals surface area contributed by atoms with Crippen LogP contribution in [0.2, 0.25) is 5.02 Å². The monoisotopic (exact) mass is 482 g/mol. The van der Waals surface area contributed by atoms with E-state index in [0.717, 1.165) is 0 Å². The highest BCUT2D eigenvalue weighted by molar-refractivity contribution is 7.93. The summed E-state index contributed by atoms with van der Waals surface area (Å²) in [6.45, 7) is 0.463. The Labute approximate surface area is 195 Å². The first-order valence-corrected chi connectivity index (χ1v) is 12.2. The summed E-state index contributed by atoms with van der Waals surface area (Å²) in [5, 5.41) is 7.82. The van der Waals surface area contributed by atoms with Crippen molar-refractivity contribution in [2.45, 2.75) is 6.42 Å². The van der Waals surface area contributed by atoms with Gasteiger partial charge in [0.1, 0.15) is 5.69 Å². The van der Waals surface area contributed by atoms with Crippen molar-refractivity contribution in [3.05, 3.63) is 83.7 Å². The zero-order chi connectivity index (χ0) is 23.0. The van der Waals surface area contributed by atoms with Gasteiger partial charge in [0.25, 0.3) is 5.91 Å². The Morgan fingerprint density at radius 2 is 1.85 bits per heavy atom. The number of anilines is 2. The Hall–Kier alpha value is -3.56. The zero-order valence-electron chi connectivity index (χ0n) is 17.3. The van der Waals surface area contributed by atoms with Gasteiger partial charge in [0, 0.05) is 23.3 Å². The minimum atomic E-state index is -3.26. The molecule has 1 N–H and O–H groups in total. The SMILES string of the molecule is O=C(Nc1ccc(N2CCCS2(=O)=O)cc1)c1cc(-c2ccco2)n(-c2cccc(Cl)c2)n1. The number of amides is 1. The molecule has 33 heavy (non-hydrogen) atoms. The van der Waals surface area contributed by atoms with E-state index < -0.39 is 15.9 Å². The molecule has 1 fully saturated rings. The molecule has 0 atom stereocenters. The van der Waals surface area contributed by atoms with E-state index in [1.165, 1.54) is 4.31 Å². The van der Waals surface area contributed by atoms with Crippen molar-refractivity contribution in [3.8, 4) is 17.1 Å². The molecule has 0 bridgehead atoms. The van der Waals surface area contributed by atoms with Crippen LogP contribution in [0.15, 0.2) is 77.4 Å². The predicted octanol–water partition coefficient (Wildman–Crippen LogP) is 4.58. The third-order valence-corrected chi connectivity index (χ3v) is 7.39. The maximum atomic E-state index is 12.9. The van der Waals surface area contributed by atoms with Gasteiger partial charge < -0.3 is 9.73 Å². The van der Waals surface area contributed by atoms with Crippen LogP contribution in [0.4, 0.5) is 11.4 Å². The number of furan rings is 1. The molecule has 8 nitrogen and oxygen atoms in total. The van der Waals surface area contributed by atoms with Gasteiger partial charge >= 0.3 is 0 Å². The molecule has 0 aliphatic carbocycles. The summed E-state index contributed by atoms with van der Waals surface area (Å²) in [6, 6.07) is 19.0. The largest absolute Gasteiger partial charge is 0.463 e. The number of carbonyl (C=O) groups is 1. The lowest BCUT2D eigenvalue weighted by atomic mass is 10.2. The topological polar surface area (TPSA) is 97.4 Å². The lowest BCUT2D eigenvalue weighted by molar-refractivity contribution is 0.102. The first-order chi connectivity index (χ1) is 15.9. The molecule has 1 amide bonds. The summed E-state index contributed by atoms with van der Waals surface area (Å²) in [7, 11) is -3.26. The van der Waals surface area contributed by atoms with Gasteiger partial charge in [0.2, 0.25) is 10.0 Å². The lowest BCUT2D eigenvalue weighted by Crippen LogP contribution is -2.25. The van der Waals surface area contributed by atoms with Crippen molar-refractivity contribution >= 4 is 38.9 Å². The van der Waals surface area contributed by atoms with Crippen LogP contribution in [0.5, 0.6) is 0 Å². The van der Waals surface area contributed by atoms with Gasteiger partial charge in [0.15, 0.2) is 11.5 Å². The highest BCUT2D eigenvalue weighted by atomic mass is 35.5. The van der Waals surface area contributed by atoms with E-state index in [1.807, 2.05) is 6.07 Å². The van der Waals surface area contributed by atoms with E-state index in [1.54, 1.807) is 71.6 Å². The number of hydrogen-bond donors (Lipinski definition) is 1. The first kappa shape index (κ1) is 21.3. The smallest absolute Gasteiger partial charge is 0.276 e. The van der Waals surface area contributed by atoms with Gasteiger partial charge in [0.05, 0.1) is 23.4 Å². The van der Waals surface area contributed by atoms with Crippen molar-refractivity contribution in [1.29, 1.82) is 0 Å². The number of nitrogens with zero attached hydrogens (tertiary/aromatic N) is 3. The Morgan fingerprint density at radius 1 is 1.03 bits per heavy atom. The number of hydrogen-bond acceptors (Lipinski definition) is 5. The van der Waals surface area contributed by atoms with E-state index in [9.17, 15) is 13.2 Å². The van der Waals surface area contributed by atoms with Crippen molar-refractivity contribution in [2.24, 2.45) is 0 Å². The van der Waals surface area contributed by atoms with Crippen LogP contribution >= 0.6 is 11.6 Å². The molecule has 3 heterocycles. The summed E-state index contributed by atoms with van der Waals surface area (Å²) in [6.07, 6.45) is 2.15. The summed E-state index contributed by atoms with van der Waals surface area (Å²) < 4.78 is 32.7. The molecule has 1 aliphatic heterocycles. The van der Waals surface area contributed by atoms with Crippen LogP contribution < -0.4 is 9.62 Å². The van der Waals surface area contributed by atoms with Crippen molar-refractivity contribution in [3.63, 3.8) is 0 Å². The van der Waals surface area contributed by atoms with Crippen molar-refractivity contribution in [2.75, 3.05) is 21.9 Å². The van der Waals surface area contributed by atoms with Crippen LogP contribution in [0.3, 0.4) is 0 Å². The second-order valence-electron chi connectivity index (χ2n) is 7.53. The second-order valence-corrected chi connectivity index (χ2v) is 9.98. The molecule has 5 rings (SSSR count). The number of halogens is 1. The molecule has 1 aliphatic rings. The molecule has 1 saturated heterocycles. The number of carbonyl (C=O) groups excluding carboxylic acids is 1. The van der Waals surface area contributed by atoms with E-state index in [-0.39, 0.29) is 11.4 Å². The molecule has 168 valence electrons. The first-order valence-electron chi connectivity index (χ1n) is 10.2. The number of sulfonamides is 1. The van der Waals surface area contributed by atoms with Crippen LogP contribution in [0.25, 0.3) is 17.1 Å². The molecule has 0 radical (unpaired) electrons. The van der Waals surface area contributed by atoms with Gasteiger partial charge in [-0.3, -0.25) is 9.10 Å². The van der Waals surface area contributed by atoms with Crippen LogP contribution in [0.1, 0.15) is 16.9 Å². The molecule has 2 aromatic heterocycles. The maximum absolute atomic E-state index is 12.9. The van der Waals surface area contributed by atoms with Crippen molar-refractivity contribution in [1.82, 2.24) is 9.78 Å². The minimum absolute atomic E-state index is 0.152. The fourth-order valence-corrected chi connectivity index (χ4v) is 5.48. The molecule has 4 aromatic rings. The highest BCUT2D eigenvalue weighted by Crippen LogP contribution is 2.28. The van der Waals surface area contributed by atoms with E-state index in [0.29, 0.717) is 46.5 Å². The minimum Gasteiger partial charge on any atom is -0.463 e. The molecular formula is C23H19ClN4O4S. The quantitative estimate of drug-likeness (QED) is 0.449. The number of rotatable bonds is 5. The fraction of sp³-hybridized carbons (Fsp3) is 0.130. The predicted molar refractivity (Wildman–Crippen MR) is 126 cm³/mol. The van der Waals surface area contributed by atoms with E-state index in [2.05, 4.69) is 10.4 Å². The molecule has 0 spiro atoms. The average molecular weight is 483 g/mol. The Morgan fingerprint density at radius 3 is 2.52 bits per heavy atom. The number of nitrogens with one attached hydrogen (secondary N) is 1. The van der Waals surface area contributed by atoms with Crippen molar-refractivity contribution < 1.29 is 17.6 Å². The third kappa shape index (κ3) is 4.24. The number of benzene rings is 2. The third-order valence-electron chi connectivity index (χ3n) is 5.28. The Balaban J connectivity index is 1.41. The average Bonchev–Trinajstić information content (AvgIpc) is 3.53. The van der Waals surface area contributed by atoms with Crippen LogP contribution in [0, 0.1) is 0 Å². The molecule has 0 saturated carbocycles. The molecular weight excluding hydrogens is 464 g/mol. The number of aromatic nitrogens is 2. The standard InChI is InChI=1S/C23H19ClN4O4S/c24-16-4-1-5-19(14-16)28-21(22-6-2-12-32-22)15-20(26-28)23(29)25-17-7-9-18(10-8-17)27-11-3-13-33(27,30)31/h1-2,4-10,12,14-15H,3,11,13H2,(H,25,29). The van der Waals surface area contributed by atoms with Gasteiger partial charge in [-0.25, -0.2) is 13.1 Å². The highest BCUT2D eigenvalue weighted by Gasteiger charge is 2.28. The zero-order valence-corrected chi connectivity index (χ0v) is 18.9. The fourth-order valence-electron chi connectivity index (χ4n) is 3.73.